The predicted octanol–water partition coefficient (Wildman–Crippen LogP) is 7.61. The van der Waals surface area contributed by atoms with Crippen molar-refractivity contribution in [3.8, 4) is 6.07 Å². The summed E-state index contributed by atoms with van der Waals surface area (Å²) in [6, 6.07) is 5.47. The maximum Gasteiger partial charge on any atom is 0.141 e. The fourth-order valence-corrected chi connectivity index (χ4v) is 6.87. The fourth-order valence-electron chi connectivity index (χ4n) is 6.87. The molecule has 1 nitrogen and oxygen atoms in total. The van der Waals surface area contributed by atoms with Gasteiger partial charge in [0.25, 0.3) is 0 Å². The van der Waals surface area contributed by atoms with Gasteiger partial charge in [-0.1, -0.05) is 45.4 Å². The van der Waals surface area contributed by atoms with Crippen LogP contribution in [-0.4, -0.2) is 0 Å². The molecule has 0 aromatic heterocycles. The molecule has 5 unspecified atom stereocenters. The van der Waals surface area contributed by atoms with Crippen molar-refractivity contribution in [1.29, 1.82) is 5.26 Å². The Labute approximate surface area is 177 Å². The van der Waals surface area contributed by atoms with E-state index in [2.05, 4.69) is 6.92 Å². The smallest absolute Gasteiger partial charge is 0.141 e. The summed E-state index contributed by atoms with van der Waals surface area (Å²) < 4.78 is 14.1. The molecule has 0 bridgehead atoms. The molecule has 158 valence electrons. The Morgan fingerprint density at radius 3 is 2.45 bits per heavy atom. The van der Waals surface area contributed by atoms with Crippen LogP contribution in [0.3, 0.4) is 0 Å². The van der Waals surface area contributed by atoms with E-state index in [1.165, 1.54) is 88.2 Å². The first kappa shape index (κ1) is 20.9. The molecule has 29 heavy (non-hydrogen) atoms. The van der Waals surface area contributed by atoms with E-state index in [0.717, 1.165) is 42.4 Å². The molecule has 0 aliphatic heterocycles. The van der Waals surface area contributed by atoms with Gasteiger partial charge in [0.2, 0.25) is 0 Å². The number of nitrogens with zero attached hydrogens (tertiary/aromatic N) is 1. The zero-order chi connectivity index (χ0) is 20.2. The van der Waals surface area contributed by atoms with E-state index in [0.29, 0.717) is 0 Å². The van der Waals surface area contributed by atoms with Gasteiger partial charge in [0, 0.05) is 0 Å². The van der Waals surface area contributed by atoms with Crippen LogP contribution in [0.25, 0.3) is 0 Å². The van der Waals surface area contributed by atoms with Crippen LogP contribution >= 0.6 is 0 Å². The van der Waals surface area contributed by atoms with Crippen LogP contribution in [0.2, 0.25) is 0 Å². The van der Waals surface area contributed by atoms with Crippen molar-refractivity contribution in [3.05, 3.63) is 34.6 Å². The molecule has 5 atom stereocenters. The number of unbranched alkanes of at least 4 members (excludes halogenated alkanes) is 3. The Hall–Kier alpha value is -1.36. The van der Waals surface area contributed by atoms with Crippen molar-refractivity contribution in [2.45, 2.75) is 96.8 Å². The second kappa shape index (κ2) is 9.63. The number of benzene rings is 1. The second-order valence-electron chi connectivity index (χ2n) is 10.3. The number of aryl methyl sites for hydroxylation is 1. The normalized spacial score (nSPS) is 31.6. The summed E-state index contributed by atoms with van der Waals surface area (Å²) in [5, 5.41) is 9.09. The maximum absolute atomic E-state index is 14.1. The monoisotopic (exact) mass is 395 g/mol. The highest BCUT2D eigenvalue weighted by Crippen LogP contribution is 2.49. The van der Waals surface area contributed by atoms with Gasteiger partial charge in [0.05, 0.1) is 5.56 Å². The molecule has 3 aliphatic carbocycles. The fraction of sp³-hybridized carbons (Fsp3) is 0.741. The number of fused-ring (bicyclic) bond motifs is 2. The molecule has 0 spiro atoms. The molecule has 4 rings (SSSR count). The van der Waals surface area contributed by atoms with Crippen LogP contribution in [0.15, 0.2) is 12.1 Å². The van der Waals surface area contributed by atoms with Gasteiger partial charge < -0.3 is 0 Å². The van der Waals surface area contributed by atoms with Gasteiger partial charge in [-0.15, -0.1) is 0 Å². The lowest BCUT2D eigenvalue weighted by Gasteiger charge is -2.45. The summed E-state index contributed by atoms with van der Waals surface area (Å²) in [5.41, 5.74) is 2.61. The van der Waals surface area contributed by atoms with Crippen molar-refractivity contribution in [2.24, 2.45) is 29.6 Å². The summed E-state index contributed by atoms with van der Waals surface area (Å²) in [6.07, 6.45) is 19.1. The average Bonchev–Trinajstić information content (AvgIpc) is 2.75. The molecule has 1 aromatic rings. The lowest BCUT2D eigenvalue weighted by molar-refractivity contribution is 0.0689. The Bertz CT molecular complexity index is 733. The third-order valence-corrected chi connectivity index (χ3v) is 8.57. The molecule has 0 amide bonds. The van der Waals surface area contributed by atoms with Gasteiger partial charge in [0.15, 0.2) is 0 Å². The van der Waals surface area contributed by atoms with Crippen LogP contribution in [0, 0.1) is 46.7 Å². The first-order chi connectivity index (χ1) is 14.2. The van der Waals surface area contributed by atoms with Crippen LogP contribution in [0.5, 0.6) is 0 Å². The predicted molar refractivity (Wildman–Crippen MR) is 117 cm³/mol. The summed E-state index contributed by atoms with van der Waals surface area (Å²) in [5.74, 6) is 4.19. The number of rotatable bonds is 6. The van der Waals surface area contributed by atoms with Gasteiger partial charge in [0.1, 0.15) is 11.9 Å². The molecular formula is C27H38FN. The van der Waals surface area contributed by atoms with Crippen molar-refractivity contribution in [3.63, 3.8) is 0 Å². The van der Waals surface area contributed by atoms with Crippen molar-refractivity contribution < 1.29 is 4.39 Å². The highest BCUT2D eigenvalue weighted by molar-refractivity contribution is 5.41. The Morgan fingerprint density at radius 1 is 0.897 bits per heavy atom. The van der Waals surface area contributed by atoms with Gasteiger partial charge in [-0.2, -0.15) is 5.26 Å². The maximum atomic E-state index is 14.1. The van der Waals surface area contributed by atoms with Crippen LogP contribution < -0.4 is 0 Å². The standard InChI is InChI=1S/C27H38FN/c1-2-3-4-5-6-19-7-8-21-14-22(10-9-20(21)13-19)23-11-12-24-16-26(18-29)27(28)17-25(24)15-23/h16-17,19-23H,2-15H2,1H3. The van der Waals surface area contributed by atoms with Gasteiger partial charge in [-0.3, -0.25) is 0 Å². The molecule has 3 aliphatic rings. The minimum Gasteiger partial charge on any atom is -0.206 e. The zero-order valence-electron chi connectivity index (χ0n) is 18.3. The third-order valence-electron chi connectivity index (χ3n) is 8.57. The minimum atomic E-state index is -0.326. The third kappa shape index (κ3) is 4.87. The van der Waals surface area contributed by atoms with Crippen LogP contribution in [-0.2, 0) is 12.8 Å². The van der Waals surface area contributed by atoms with Gasteiger partial charge in [-0.25, -0.2) is 4.39 Å². The van der Waals surface area contributed by atoms with E-state index in [-0.39, 0.29) is 11.4 Å². The van der Waals surface area contributed by atoms with Crippen molar-refractivity contribution in [2.75, 3.05) is 0 Å². The molecule has 0 heterocycles. The second-order valence-corrected chi connectivity index (χ2v) is 10.3. The summed E-state index contributed by atoms with van der Waals surface area (Å²) in [7, 11) is 0. The lowest BCUT2D eigenvalue weighted by Crippen LogP contribution is -2.35. The Morgan fingerprint density at radius 2 is 1.66 bits per heavy atom. The first-order valence-electron chi connectivity index (χ1n) is 12.4. The minimum absolute atomic E-state index is 0.217. The largest absolute Gasteiger partial charge is 0.206 e. The molecule has 0 radical (unpaired) electrons. The van der Waals surface area contributed by atoms with E-state index in [9.17, 15) is 4.39 Å². The van der Waals surface area contributed by atoms with Gasteiger partial charge in [-0.05, 0) is 104 Å². The molecule has 0 N–H and O–H groups in total. The lowest BCUT2D eigenvalue weighted by atomic mass is 9.61. The van der Waals surface area contributed by atoms with E-state index in [1.54, 1.807) is 12.1 Å². The molecule has 0 saturated heterocycles. The highest BCUT2D eigenvalue weighted by atomic mass is 19.1. The molecule has 2 heteroatoms. The van der Waals surface area contributed by atoms with E-state index >= 15 is 0 Å². The Kier molecular flexibility index (Phi) is 6.94. The van der Waals surface area contributed by atoms with E-state index in [1.807, 2.05) is 6.07 Å². The van der Waals surface area contributed by atoms with Gasteiger partial charge >= 0.3 is 0 Å². The van der Waals surface area contributed by atoms with Crippen LogP contribution in [0.4, 0.5) is 4.39 Å². The quantitative estimate of drug-likeness (QED) is 0.455. The van der Waals surface area contributed by atoms with E-state index < -0.39 is 0 Å². The van der Waals surface area contributed by atoms with Crippen molar-refractivity contribution in [1.82, 2.24) is 0 Å². The van der Waals surface area contributed by atoms with E-state index in [4.69, 9.17) is 5.26 Å². The van der Waals surface area contributed by atoms with Crippen molar-refractivity contribution >= 4 is 0 Å². The number of halogens is 1. The number of hydrogen-bond acceptors (Lipinski definition) is 1. The average molecular weight is 396 g/mol. The number of nitriles is 1. The summed E-state index contributed by atoms with van der Waals surface area (Å²) in [4.78, 5) is 0. The first-order valence-corrected chi connectivity index (χ1v) is 12.4. The molecule has 2 fully saturated rings. The topological polar surface area (TPSA) is 23.8 Å². The summed E-state index contributed by atoms with van der Waals surface area (Å²) in [6.45, 7) is 2.30. The zero-order valence-corrected chi connectivity index (χ0v) is 18.3. The molecular weight excluding hydrogens is 357 g/mol. The molecule has 2 saturated carbocycles. The number of hydrogen-bond donors (Lipinski definition) is 0. The highest BCUT2D eigenvalue weighted by Gasteiger charge is 2.38. The summed E-state index contributed by atoms with van der Waals surface area (Å²) >= 11 is 0. The van der Waals surface area contributed by atoms with Crippen LogP contribution in [0.1, 0.15) is 101 Å². The molecule has 1 aromatic carbocycles. The SMILES string of the molecule is CCCCCCC1CCC2CC(C3CCc4cc(C#N)c(F)cc4C3)CCC2C1. The Balaban J connectivity index is 1.30.